The number of para-hydroxylation sites is 1. The molecule has 0 unspecified atom stereocenters. The first-order chi connectivity index (χ1) is 14.5. The van der Waals surface area contributed by atoms with Gasteiger partial charge in [0.2, 0.25) is 0 Å². The van der Waals surface area contributed by atoms with Crippen molar-refractivity contribution >= 4 is 52.5 Å². The number of nitrogens with zero attached hydrogens (tertiary/aromatic N) is 1. The number of carbonyl (C=O) groups excluding carboxylic acids is 1. The second-order valence-corrected chi connectivity index (χ2v) is 7.44. The van der Waals surface area contributed by atoms with E-state index in [-0.39, 0.29) is 12.2 Å². The minimum atomic E-state index is -0.500. The van der Waals surface area contributed by atoms with Crippen molar-refractivity contribution in [3.63, 3.8) is 0 Å². The number of amides is 1. The topological polar surface area (TPSA) is 62.1 Å². The molecule has 3 rings (SSSR count). The Morgan fingerprint density at radius 3 is 2.40 bits per heavy atom. The number of halogens is 3. The van der Waals surface area contributed by atoms with E-state index in [1.165, 1.54) is 6.08 Å². The van der Waals surface area contributed by atoms with Gasteiger partial charge in [0.25, 0.3) is 5.91 Å². The van der Waals surface area contributed by atoms with Crippen LogP contribution in [0.1, 0.15) is 11.1 Å². The van der Waals surface area contributed by atoms with Crippen LogP contribution in [0.25, 0.3) is 6.08 Å². The maximum absolute atomic E-state index is 12.3. The molecule has 0 radical (unpaired) electrons. The van der Waals surface area contributed by atoms with Gasteiger partial charge in [-0.25, -0.2) is 0 Å². The molecule has 150 valence electrons. The molecule has 0 aliphatic heterocycles. The van der Waals surface area contributed by atoms with Gasteiger partial charge in [-0.2, -0.15) is 5.26 Å². The third kappa shape index (κ3) is 5.77. The fraction of sp³-hybridized carbons (Fsp3) is 0.0435. The SMILES string of the molecule is N#C/C(=C\c1ccc(OCc2ccc(Cl)c(Cl)c2)c(Cl)c1)C(=O)Nc1ccccc1. The molecule has 0 aromatic heterocycles. The van der Waals surface area contributed by atoms with Crippen LogP contribution in [0, 0.1) is 11.3 Å². The lowest BCUT2D eigenvalue weighted by Gasteiger charge is -2.10. The normalized spacial score (nSPS) is 10.9. The van der Waals surface area contributed by atoms with E-state index in [4.69, 9.17) is 39.5 Å². The third-order valence-electron chi connectivity index (χ3n) is 4.04. The van der Waals surface area contributed by atoms with Gasteiger partial charge in [0.1, 0.15) is 24.0 Å². The fourth-order valence-electron chi connectivity index (χ4n) is 2.55. The van der Waals surface area contributed by atoms with Crippen molar-refractivity contribution in [2.24, 2.45) is 0 Å². The molecule has 3 aromatic carbocycles. The predicted octanol–water partition coefficient (Wildman–Crippen LogP) is 6.77. The molecule has 0 aliphatic carbocycles. The van der Waals surface area contributed by atoms with Crippen LogP contribution < -0.4 is 10.1 Å². The Morgan fingerprint density at radius 2 is 1.73 bits per heavy atom. The first kappa shape index (κ1) is 21.7. The van der Waals surface area contributed by atoms with Gasteiger partial charge in [-0.1, -0.05) is 65.1 Å². The first-order valence-corrected chi connectivity index (χ1v) is 9.94. The van der Waals surface area contributed by atoms with Crippen LogP contribution in [0.15, 0.2) is 72.3 Å². The highest BCUT2D eigenvalue weighted by Gasteiger charge is 2.11. The molecule has 4 nitrogen and oxygen atoms in total. The second-order valence-electron chi connectivity index (χ2n) is 6.22. The van der Waals surface area contributed by atoms with Crippen molar-refractivity contribution in [1.82, 2.24) is 0 Å². The van der Waals surface area contributed by atoms with Gasteiger partial charge in [-0.3, -0.25) is 4.79 Å². The maximum atomic E-state index is 12.3. The number of benzene rings is 3. The van der Waals surface area contributed by atoms with Crippen molar-refractivity contribution in [1.29, 1.82) is 5.26 Å². The van der Waals surface area contributed by atoms with Gasteiger partial charge >= 0.3 is 0 Å². The van der Waals surface area contributed by atoms with Crippen molar-refractivity contribution in [3.8, 4) is 11.8 Å². The lowest BCUT2D eigenvalue weighted by atomic mass is 10.1. The van der Waals surface area contributed by atoms with Gasteiger partial charge in [-0.15, -0.1) is 0 Å². The number of nitriles is 1. The monoisotopic (exact) mass is 456 g/mol. The zero-order valence-electron chi connectivity index (χ0n) is 15.5. The van der Waals surface area contributed by atoms with Gasteiger partial charge < -0.3 is 10.1 Å². The van der Waals surface area contributed by atoms with Crippen LogP contribution in [0.2, 0.25) is 15.1 Å². The smallest absolute Gasteiger partial charge is 0.266 e. The Hall–Kier alpha value is -2.97. The molecule has 1 N–H and O–H groups in total. The summed E-state index contributed by atoms with van der Waals surface area (Å²) in [5.74, 6) is -0.0353. The zero-order chi connectivity index (χ0) is 21.5. The highest BCUT2D eigenvalue weighted by molar-refractivity contribution is 6.42. The molecule has 30 heavy (non-hydrogen) atoms. The molecular formula is C23H15Cl3N2O2. The molecule has 0 saturated carbocycles. The molecule has 0 bridgehead atoms. The number of anilines is 1. The molecular weight excluding hydrogens is 443 g/mol. The molecule has 3 aromatic rings. The fourth-order valence-corrected chi connectivity index (χ4v) is 3.11. The van der Waals surface area contributed by atoms with E-state index in [0.29, 0.717) is 32.1 Å². The van der Waals surface area contributed by atoms with E-state index in [0.717, 1.165) is 5.56 Å². The molecule has 7 heteroatoms. The van der Waals surface area contributed by atoms with Gasteiger partial charge in [0.15, 0.2) is 0 Å². The number of ether oxygens (including phenoxy) is 1. The highest BCUT2D eigenvalue weighted by Crippen LogP contribution is 2.28. The summed E-state index contributed by atoms with van der Waals surface area (Å²) in [5, 5.41) is 13.3. The average molecular weight is 458 g/mol. The van der Waals surface area contributed by atoms with E-state index in [1.54, 1.807) is 54.6 Å². The Labute approximate surface area is 189 Å². The van der Waals surface area contributed by atoms with Crippen LogP contribution in [-0.2, 0) is 11.4 Å². The zero-order valence-corrected chi connectivity index (χ0v) is 17.8. The summed E-state index contributed by atoms with van der Waals surface area (Å²) in [6, 6.07) is 21.1. The number of hydrogen-bond donors (Lipinski definition) is 1. The van der Waals surface area contributed by atoms with Crippen molar-refractivity contribution in [3.05, 3.63) is 98.5 Å². The Balaban J connectivity index is 1.70. The number of nitrogens with one attached hydrogen (secondary N) is 1. The third-order valence-corrected chi connectivity index (χ3v) is 5.08. The van der Waals surface area contributed by atoms with Crippen LogP contribution >= 0.6 is 34.8 Å². The first-order valence-electron chi connectivity index (χ1n) is 8.81. The van der Waals surface area contributed by atoms with E-state index in [2.05, 4.69) is 5.32 Å². The molecule has 0 spiro atoms. The summed E-state index contributed by atoms with van der Waals surface area (Å²) in [7, 11) is 0. The number of hydrogen-bond acceptors (Lipinski definition) is 3. The van der Waals surface area contributed by atoms with Crippen molar-refractivity contribution in [2.45, 2.75) is 6.61 Å². The van der Waals surface area contributed by atoms with Gasteiger partial charge in [-0.05, 0) is 53.6 Å². The van der Waals surface area contributed by atoms with Crippen molar-refractivity contribution < 1.29 is 9.53 Å². The molecule has 0 heterocycles. The number of rotatable bonds is 6. The standard InChI is InChI=1S/C23H15Cl3N2O2/c24-19-8-6-16(12-20(19)25)14-30-22-9-7-15(11-21(22)26)10-17(13-27)23(29)28-18-4-2-1-3-5-18/h1-12H,14H2,(H,28,29)/b17-10+. The molecule has 0 saturated heterocycles. The Kier molecular flexibility index (Phi) is 7.37. The van der Waals surface area contributed by atoms with E-state index in [1.807, 2.05) is 18.2 Å². The van der Waals surface area contributed by atoms with Crippen LogP contribution in [0.5, 0.6) is 5.75 Å². The van der Waals surface area contributed by atoms with Crippen LogP contribution in [0.3, 0.4) is 0 Å². The summed E-state index contributed by atoms with van der Waals surface area (Å²) in [5.41, 5.74) is 2.00. The largest absolute Gasteiger partial charge is 0.487 e. The average Bonchev–Trinajstić information content (AvgIpc) is 2.74. The summed E-state index contributed by atoms with van der Waals surface area (Å²) in [6.07, 6.45) is 1.47. The quantitative estimate of drug-likeness (QED) is 0.328. The maximum Gasteiger partial charge on any atom is 0.266 e. The minimum Gasteiger partial charge on any atom is -0.487 e. The van der Waals surface area contributed by atoms with Crippen LogP contribution in [-0.4, -0.2) is 5.91 Å². The Morgan fingerprint density at radius 1 is 0.967 bits per heavy atom. The van der Waals surface area contributed by atoms with E-state index < -0.39 is 5.91 Å². The predicted molar refractivity (Wildman–Crippen MR) is 121 cm³/mol. The lowest BCUT2D eigenvalue weighted by molar-refractivity contribution is -0.112. The molecule has 0 fully saturated rings. The van der Waals surface area contributed by atoms with Gasteiger partial charge in [0, 0.05) is 5.69 Å². The van der Waals surface area contributed by atoms with Crippen LogP contribution in [0.4, 0.5) is 5.69 Å². The summed E-state index contributed by atoms with van der Waals surface area (Å²) < 4.78 is 5.73. The lowest BCUT2D eigenvalue weighted by Crippen LogP contribution is -2.13. The highest BCUT2D eigenvalue weighted by atomic mass is 35.5. The second kappa shape index (κ2) is 10.2. The summed E-state index contributed by atoms with van der Waals surface area (Å²) >= 11 is 18.2. The Bertz CT molecular complexity index is 1140. The molecule has 1 amide bonds. The van der Waals surface area contributed by atoms with E-state index >= 15 is 0 Å². The van der Waals surface area contributed by atoms with E-state index in [9.17, 15) is 10.1 Å². The minimum absolute atomic E-state index is 0.0422. The van der Waals surface area contributed by atoms with Crippen molar-refractivity contribution in [2.75, 3.05) is 5.32 Å². The molecule has 0 atom stereocenters. The van der Waals surface area contributed by atoms with Gasteiger partial charge in [0.05, 0.1) is 15.1 Å². The summed E-state index contributed by atoms with van der Waals surface area (Å²) in [6.45, 7) is 0.259. The number of carbonyl (C=O) groups is 1. The summed E-state index contributed by atoms with van der Waals surface area (Å²) in [4.78, 5) is 12.3. The molecule has 0 aliphatic rings.